The van der Waals surface area contributed by atoms with Crippen LogP contribution in [0.3, 0.4) is 0 Å². The van der Waals surface area contributed by atoms with Gasteiger partial charge in [-0.3, -0.25) is 0 Å². The Labute approximate surface area is 104 Å². The van der Waals surface area contributed by atoms with E-state index in [4.69, 9.17) is 9.47 Å². The zero-order valence-electron chi connectivity index (χ0n) is 11.0. The fourth-order valence-corrected chi connectivity index (χ4v) is 1.76. The fourth-order valence-electron chi connectivity index (χ4n) is 1.76. The van der Waals surface area contributed by atoms with Gasteiger partial charge in [0.1, 0.15) is 5.75 Å². The summed E-state index contributed by atoms with van der Waals surface area (Å²) in [5.74, 6) is 1.54. The molecular weight excluding hydrogens is 214 g/mol. The molecular formula is C14H23NO2. The van der Waals surface area contributed by atoms with Crippen molar-refractivity contribution in [3.63, 3.8) is 0 Å². The van der Waals surface area contributed by atoms with Gasteiger partial charge in [-0.1, -0.05) is 19.1 Å². The van der Waals surface area contributed by atoms with Crippen LogP contribution in [0.25, 0.3) is 0 Å². The van der Waals surface area contributed by atoms with Gasteiger partial charge in [0.2, 0.25) is 0 Å². The Morgan fingerprint density at radius 2 is 1.88 bits per heavy atom. The normalized spacial score (nSPS) is 12.4. The van der Waals surface area contributed by atoms with E-state index < -0.39 is 0 Å². The smallest absolute Gasteiger partial charge is 0.118 e. The quantitative estimate of drug-likeness (QED) is 0.702. The van der Waals surface area contributed by atoms with Gasteiger partial charge in [0.25, 0.3) is 0 Å². The first kappa shape index (κ1) is 14.0. The highest BCUT2D eigenvalue weighted by molar-refractivity contribution is 5.27. The number of rotatable bonds is 8. The third kappa shape index (κ3) is 5.71. The van der Waals surface area contributed by atoms with Crippen LogP contribution < -0.4 is 10.1 Å². The molecule has 96 valence electrons. The SMILES string of the molecule is COCCNCC(C)Cc1ccc(OC)cc1. The second-order valence-corrected chi connectivity index (χ2v) is 4.35. The molecule has 0 spiro atoms. The Morgan fingerprint density at radius 3 is 2.47 bits per heavy atom. The van der Waals surface area contributed by atoms with Crippen LogP contribution in [0.4, 0.5) is 0 Å². The lowest BCUT2D eigenvalue weighted by molar-refractivity contribution is 0.198. The van der Waals surface area contributed by atoms with Gasteiger partial charge in [0.15, 0.2) is 0 Å². The molecule has 17 heavy (non-hydrogen) atoms. The largest absolute Gasteiger partial charge is 0.497 e. The van der Waals surface area contributed by atoms with E-state index in [0.29, 0.717) is 5.92 Å². The lowest BCUT2D eigenvalue weighted by Crippen LogP contribution is -2.25. The first-order valence-electron chi connectivity index (χ1n) is 6.09. The fraction of sp³-hybridized carbons (Fsp3) is 0.571. The predicted octanol–water partition coefficient (Wildman–Crippen LogP) is 2.11. The molecule has 1 aromatic carbocycles. The highest BCUT2D eigenvalue weighted by atomic mass is 16.5. The molecule has 0 aliphatic rings. The van der Waals surface area contributed by atoms with Crippen molar-refractivity contribution in [3.05, 3.63) is 29.8 Å². The molecule has 1 aromatic rings. The number of methoxy groups -OCH3 is 2. The summed E-state index contributed by atoms with van der Waals surface area (Å²) in [5.41, 5.74) is 1.35. The third-order valence-corrected chi connectivity index (χ3v) is 2.72. The van der Waals surface area contributed by atoms with Crippen LogP contribution >= 0.6 is 0 Å². The van der Waals surface area contributed by atoms with Crippen molar-refractivity contribution in [1.82, 2.24) is 5.32 Å². The summed E-state index contributed by atoms with van der Waals surface area (Å²) in [7, 11) is 3.42. The third-order valence-electron chi connectivity index (χ3n) is 2.72. The minimum atomic E-state index is 0.625. The van der Waals surface area contributed by atoms with Crippen molar-refractivity contribution in [2.24, 2.45) is 5.92 Å². The summed E-state index contributed by atoms with van der Waals surface area (Å²) >= 11 is 0. The minimum Gasteiger partial charge on any atom is -0.497 e. The van der Waals surface area contributed by atoms with E-state index in [0.717, 1.165) is 31.9 Å². The summed E-state index contributed by atoms with van der Waals surface area (Å²) in [4.78, 5) is 0. The van der Waals surface area contributed by atoms with Crippen LogP contribution in [-0.2, 0) is 11.2 Å². The molecule has 0 fully saturated rings. The maximum Gasteiger partial charge on any atom is 0.118 e. The minimum absolute atomic E-state index is 0.625. The molecule has 0 saturated carbocycles. The molecule has 3 heteroatoms. The molecule has 1 N–H and O–H groups in total. The molecule has 0 amide bonds. The first-order chi connectivity index (χ1) is 8.26. The first-order valence-corrected chi connectivity index (χ1v) is 6.09. The Kier molecular flexibility index (Phi) is 6.67. The van der Waals surface area contributed by atoms with Crippen molar-refractivity contribution < 1.29 is 9.47 Å². The number of benzene rings is 1. The number of hydrogen-bond donors (Lipinski definition) is 1. The van der Waals surface area contributed by atoms with Crippen LogP contribution in [0.2, 0.25) is 0 Å². The number of nitrogens with one attached hydrogen (secondary N) is 1. The second-order valence-electron chi connectivity index (χ2n) is 4.35. The van der Waals surface area contributed by atoms with Gasteiger partial charge in [-0.15, -0.1) is 0 Å². The lowest BCUT2D eigenvalue weighted by atomic mass is 10.0. The highest BCUT2D eigenvalue weighted by Crippen LogP contribution is 2.14. The molecule has 1 atom stereocenters. The van der Waals surface area contributed by atoms with Crippen LogP contribution in [0.15, 0.2) is 24.3 Å². The van der Waals surface area contributed by atoms with Gasteiger partial charge in [-0.2, -0.15) is 0 Å². The molecule has 0 bridgehead atoms. The maximum absolute atomic E-state index is 5.14. The molecule has 0 heterocycles. The summed E-state index contributed by atoms with van der Waals surface area (Å²) < 4.78 is 10.1. The molecule has 1 unspecified atom stereocenters. The van der Waals surface area contributed by atoms with Gasteiger partial charge >= 0.3 is 0 Å². The Morgan fingerprint density at radius 1 is 1.18 bits per heavy atom. The van der Waals surface area contributed by atoms with E-state index in [-0.39, 0.29) is 0 Å². The Hall–Kier alpha value is -1.06. The van der Waals surface area contributed by atoms with Gasteiger partial charge in [0, 0.05) is 13.7 Å². The highest BCUT2D eigenvalue weighted by Gasteiger charge is 2.03. The van der Waals surface area contributed by atoms with E-state index in [1.54, 1.807) is 14.2 Å². The monoisotopic (exact) mass is 237 g/mol. The summed E-state index contributed by atoms with van der Waals surface area (Å²) in [6.45, 7) is 4.97. The zero-order valence-corrected chi connectivity index (χ0v) is 11.0. The molecule has 1 rings (SSSR count). The molecule has 0 radical (unpaired) electrons. The van der Waals surface area contributed by atoms with Crippen molar-refractivity contribution in [1.29, 1.82) is 0 Å². The van der Waals surface area contributed by atoms with Gasteiger partial charge in [0.05, 0.1) is 13.7 Å². The van der Waals surface area contributed by atoms with Crippen molar-refractivity contribution in [2.75, 3.05) is 33.9 Å². The van der Waals surface area contributed by atoms with Crippen LogP contribution in [-0.4, -0.2) is 33.9 Å². The second kappa shape index (κ2) is 8.09. The number of ether oxygens (including phenoxy) is 2. The van der Waals surface area contributed by atoms with E-state index in [9.17, 15) is 0 Å². The molecule has 0 aliphatic heterocycles. The van der Waals surface area contributed by atoms with Crippen molar-refractivity contribution in [3.8, 4) is 5.75 Å². The molecule has 0 saturated heterocycles. The average Bonchev–Trinajstić information content (AvgIpc) is 2.36. The topological polar surface area (TPSA) is 30.5 Å². The van der Waals surface area contributed by atoms with Crippen LogP contribution in [0, 0.1) is 5.92 Å². The molecule has 0 aliphatic carbocycles. The molecule has 3 nitrogen and oxygen atoms in total. The summed E-state index contributed by atoms with van der Waals surface area (Å²) in [5, 5.41) is 3.38. The van der Waals surface area contributed by atoms with E-state index in [2.05, 4.69) is 24.4 Å². The number of hydrogen-bond acceptors (Lipinski definition) is 3. The average molecular weight is 237 g/mol. The standard InChI is InChI=1S/C14H23NO2/c1-12(11-15-8-9-16-2)10-13-4-6-14(17-3)7-5-13/h4-7,12,15H,8-11H2,1-3H3. The summed E-state index contributed by atoms with van der Waals surface area (Å²) in [6, 6.07) is 8.29. The Balaban J connectivity index is 2.26. The van der Waals surface area contributed by atoms with Crippen LogP contribution in [0.1, 0.15) is 12.5 Å². The zero-order chi connectivity index (χ0) is 12.5. The van der Waals surface area contributed by atoms with E-state index >= 15 is 0 Å². The van der Waals surface area contributed by atoms with Crippen molar-refractivity contribution >= 4 is 0 Å². The van der Waals surface area contributed by atoms with Crippen molar-refractivity contribution in [2.45, 2.75) is 13.3 Å². The summed E-state index contributed by atoms with van der Waals surface area (Å²) in [6.07, 6.45) is 1.09. The molecule has 0 aromatic heterocycles. The predicted molar refractivity (Wildman–Crippen MR) is 70.6 cm³/mol. The lowest BCUT2D eigenvalue weighted by Gasteiger charge is -2.12. The van der Waals surface area contributed by atoms with Gasteiger partial charge in [-0.05, 0) is 36.6 Å². The Bertz CT molecular complexity index is 298. The van der Waals surface area contributed by atoms with E-state index in [1.807, 2.05) is 12.1 Å². The van der Waals surface area contributed by atoms with E-state index in [1.165, 1.54) is 5.56 Å². The van der Waals surface area contributed by atoms with Gasteiger partial charge < -0.3 is 14.8 Å². The van der Waals surface area contributed by atoms with Gasteiger partial charge in [-0.25, -0.2) is 0 Å². The van der Waals surface area contributed by atoms with Crippen LogP contribution in [0.5, 0.6) is 5.75 Å². The maximum atomic E-state index is 5.14.